The zero-order valence-corrected chi connectivity index (χ0v) is 17.2. The molecule has 5 nitrogen and oxygen atoms in total. The number of aromatic amines is 1. The average molecular weight is 382 g/mol. The van der Waals surface area contributed by atoms with Crippen molar-refractivity contribution in [2.45, 2.75) is 71.2 Å². The molecule has 0 amide bonds. The molecule has 0 aromatic carbocycles. The molecule has 25 heavy (non-hydrogen) atoms. The van der Waals surface area contributed by atoms with Gasteiger partial charge in [0.25, 0.3) is 0 Å². The molecule has 2 aromatic heterocycles. The van der Waals surface area contributed by atoms with Crippen LogP contribution in [0.1, 0.15) is 53.6 Å². The van der Waals surface area contributed by atoms with Crippen molar-refractivity contribution >= 4 is 21.4 Å². The van der Waals surface area contributed by atoms with Gasteiger partial charge in [0.1, 0.15) is 4.90 Å². The van der Waals surface area contributed by atoms with Crippen molar-refractivity contribution in [2.75, 3.05) is 0 Å². The molecule has 0 bridgehead atoms. The number of hydrogen-bond donors (Lipinski definition) is 2. The summed E-state index contributed by atoms with van der Waals surface area (Å²) in [5, 5.41) is 7.36. The third kappa shape index (κ3) is 3.55. The number of nitrogens with zero attached hydrogens (tertiary/aromatic N) is 1. The summed E-state index contributed by atoms with van der Waals surface area (Å²) in [5.74, 6) is 0.691. The van der Waals surface area contributed by atoms with Gasteiger partial charge in [0.05, 0.1) is 5.69 Å². The number of hydrogen-bond acceptors (Lipinski definition) is 4. The van der Waals surface area contributed by atoms with Gasteiger partial charge in [0.2, 0.25) is 10.0 Å². The smallest absolute Gasteiger partial charge is 0.242 e. The van der Waals surface area contributed by atoms with Crippen LogP contribution in [0.3, 0.4) is 0 Å². The van der Waals surface area contributed by atoms with Gasteiger partial charge in [-0.1, -0.05) is 6.92 Å². The van der Waals surface area contributed by atoms with Gasteiger partial charge in [-0.2, -0.15) is 5.10 Å². The van der Waals surface area contributed by atoms with Crippen molar-refractivity contribution in [3.8, 4) is 11.3 Å². The molecule has 1 saturated carbocycles. The summed E-state index contributed by atoms with van der Waals surface area (Å²) in [7, 11) is -3.57. The molecule has 0 spiro atoms. The fourth-order valence-corrected chi connectivity index (χ4v) is 6.81. The quantitative estimate of drug-likeness (QED) is 0.832. The van der Waals surface area contributed by atoms with E-state index < -0.39 is 10.0 Å². The molecule has 1 fully saturated rings. The molecule has 1 aliphatic carbocycles. The van der Waals surface area contributed by atoms with E-state index in [9.17, 15) is 8.42 Å². The van der Waals surface area contributed by atoms with Gasteiger partial charge in [0, 0.05) is 27.1 Å². The highest BCUT2D eigenvalue weighted by atomic mass is 32.2. The fourth-order valence-electron chi connectivity index (χ4n) is 3.65. The van der Waals surface area contributed by atoms with Crippen molar-refractivity contribution in [3.63, 3.8) is 0 Å². The SMILES string of the molecule is Cc1[nH]nc(-c2c(C)sc(C)c2S(=O)(=O)NC2CCC(C)CC2)c1C. The number of nitrogens with one attached hydrogen (secondary N) is 2. The third-order valence-corrected chi connectivity index (χ3v) is 8.14. The summed E-state index contributed by atoms with van der Waals surface area (Å²) in [6, 6.07) is 0.0377. The van der Waals surface area contributed by atoms with Crippen LogP contribution in [0.2, 0.25) is 0 Å². The van der Waals surface area contributed by atoms with Crippen LogP contribution in [0.5, 0.6) is 0 Å². The Labute approximate surface area is 154 Å². The van der Waals surface area contributed by atoms with Crippen LogP contribution in [0.4, 0.5) is 0 Å². The summed E-state index contributed by atoms with van der Waals surface area (Å²) < 4.78 is 29.3. The Bertz CT molecular complexity index is 873. The van der Waals surface area contributed by atoms with E-state index in [1.807, 2.05) is 27.7 Å². The molecule has 7 heteroatoms. The van der Waals surface area contributed by atoms with E-state index in [2.05, 4.69) is 21.8 Å². The van der Waals surface area contributed by atoms with Crippen molar-refractivity contribution in [3.05, 3.63) is 21.0 Å². The van der Waals surface area contributed by atoms with Crippen LogP contribution < -0.4 is 4.72 Å². The topological polar surface area (TPSA) is 74.8 Å². The second-order valence-corrected chi connectivity index (χ2v) is 10.4. The first-order chi connectivity index (χ1) is 11.7. The zero-order valence-electron chi connectivity index (χ0n) is 15.6. The van der Waals surface area contributed by atoms with Crippen molar-refractivity contribution < 1.29 is 8.42 Å². The Morgan fingerprint density at radius 2 is 1.72 bits per heavy atom. The molecule has 0 saturated heterocycles. The Kier molecular flexibility index (Phi) is 5.10. The average Bonchev–Trinajstić information content (AvgIpc) is 3.01. The molecular weight excluding hydrogens is 354 g/mol. The van der Waals surface area contributed by atoms with Gasteiger partial charge in [0.15, 0.2) is 0 Å². The van der Waals surface area contributed by atoms with Gasteiger partial charge >= 0.3 is 0 Å². The van der Waals surface area contributed by atoms with Gasteiger partial charge in [-0.15, -0.1) is 11.3 Å². The summed E-state index contributed by atoms with van der Waals surface area (Å²) in [6.45, 7) is 10.0. The van der Waals surface area contributed by atoms with E-state index in [-0.39, 0.29) is 6.04 Å². The second kappa shape index (κ2) is 6.85. The van der Waals surface area contributed by atoms with E-state index in [1.165, 1.54) is 11.3 Å². The monoisotopic (exact) mass is 381 g/mol. The largest absolute Gasteiger partial charge is 0.282 e. The number of rotatable bonds is 4. The minimum absolute atomic E-state index is 0.0377. The maximum absolute atomic E-state index is 13.2. The third-order valence-electron chi connectivity index (χ3n) is 5.30. The lowest BCUT2D eigenvalue weighted by Gasteiger charge is -2.26. The van der Waals surface area contributed by atoms with Gasteiger partial charge in [-0.3, -0.25) is 5.10 Å². The van der Waals surface area contributed by atoms with Crippen LogP contribution in [-0.4, -0.2) is 24.7 Å². The van der Waals surface area contributed by atoms with E-state index in [0.717, 1.165) is 58.0 Å². The predicted octanol–water partition coefficient (Wildman–Crippen LogP) is 4.23. The Morgan fingerprint density at radius 3 is 2.28 bits per heavy atom. The summed E-state index contributed by atoms with van der Waals surface area (Å²) in [4.78, 5) is 2.22. The minimum Gasteiger partial charge on any atom is -0.282 e. The highest BCUT2D eigenvalue weighted by Crippen LogP contribution is 2.40. The summed E-state index contributed by atoms with van der Waals surface area (Å²) in [6.07, 6.45) is 4.00. The molecule has 2 aromatic rings. The first-order valence-electron chi connectivity index (χ1n) is 8.85. The number of sulfonamides is 1. The maximum atomic E-state index is 13.2. The second-order valence-electron chi connectivity index (χ2n) is 7.32. The predicted molar refractivity (Wildman–Crippen MR) is 103 cm³/mol. The number of aryl methyl sites for hydroxylation is 3. The number of H-pyrrole nitrogens is 1. The molecule has 1 aliphatic rings. The lowest BCUT2D eigenvalue weighted by Crippen LogP contribution is -2.37. The van der Waals surface area contributed by atoms with E-state index in [1.54, 1.807) is 0 Å². The van der Waals surface area contributed by atoms with Crippen LogP contribution in [-0.2, 0) is 10.0 Å². The summed E-state index contributed by atoms with van der Waals surface area (Å²) >= 11 is 1.52. The highest BCUT2D eigenvalue weighted by molar-refractivity contribution is 7.89. The van der Waals surface area contributed by atoms with E-state index in [4.69, 9.17) is 0 Å². The molecule has 0 unspecified atom stereocenters. The van der Waals surface area contributed by atoms with Crippen LogP contribution >= 0.6 is 11.3 Å². The van der Waals surface area contributed by atoms with Crippen molar-refractivity contribution in [2.24, 2.45) is 5.92 Å². The Morgan fingerprint density at radius 1 is 1.08 bits per heavy atom. The molecule has 2 N–H and O–H groups in total. The standard InChI is InChI=1S/C18H27N3O2S2/c1-10-6-8-15(9-7-10)21-25(22,23)18-14(5)24-13(4)16(18)17-11(2)12(3)19-20-17/h10,15,21H,6-9H2,1-5H3,(H,19,20). The number of aromatic nitrogens is 2. The van der Waals surface area contributed by atoms with Crippen molar-refractivity contribution in [1.29, 1.82) is 0 Å². The lowest BCUT2D eigenvalue weighted by atomic mass is 9.88. The first kappa shape index (κ1) is 18.6. The van der Waals surface area contributed by atoms with E-state index in [0.29, 0.717) is 10.8 Å². The van der Waals surface area contributed by atoms with Gasteiger partial charge < -0.3 is 0 Å². The fraction of sp³-hybridized carbons (Fsp3) is 0.611. The summed E-state index contributed by atoms with van der Waals surface area (Å²) in [5.41, 5.74) is 3.47. The molecule has 3 rings (SSSR count). The molecule has 2 heterocycles. The normalized spacial score (nSPS) is 21.6. The highest BCUT2D eigenvalue weighted by Gasteiger charge is 2.31. The van der Waals surface area contributed by atoms with Crippen LogP contribution in [0.15, 0.2) is 4.90 Å². The molecule has 0 radical (unpaired) electrons. The molecule has 138 valence electrons. The lowest BCUT2D eigenvalue weighted by molar-refractivity contribution is 0.332. The molecule has 0 aliphatic heterocycles. The first-order valence-corrected chi connectivity index (χ1v) is 11.1. The Balaban J connectivity index is 2.00. The van der Waals surface area contributed by atoms with Crippen LogP contribution in [0.25, 0.3) is 11.3 Å². The van der Waals surface area contributed by atoms with Crippen molar-refractivity contribution in [1.82, 2.24) is 14.9 Å². The van der Waals surface area contributed by atoms with Gasteiger partial charge in [-0.25, -0.2) is 13.1 Å². The minimum atomic E-state index is -3.57. The Hall–Kier alpha value is -1.18. The maximum Gasteiger partial charge on any atom is 0.242 e. The van der Waals surface area contributed by atoms with Gasteiger partial charge in [-0.05, 0) is 64.9 Å². The number of thiophene rings is 1. The molecular formula is C18H27N3O2S2. The van der Waals surface area contributed by atoms with Crippen LogP contribution in [0, 0.1) is 33.6 Å². The molecule has 0 atom stereocenters. The zero-order chi connectivity index (χ0) is 18.4. The van der Waals surface area contributed by atoms with E-state index >= 15 is 0 Å².